The van der Waals surface area contributed by atoms with Crippen LogP contribution in [-0.4, -0.2) is 31.6 Å². The van der Waals surface area contributed by atoms with E-state index >= 15 is 0 Å². The predicted molar refractivity (Wildman–Crippen MR) is 98.1 cm³/mol. The zero-order chi connectivity index (χ0) is 18.9. The largest absolute Gasteiger partial charge is 0.468 e. The number of nitrogens with zero attached hydrogens (tertiary/aromatic N) is 1. The van der Waals surface area contributed by atoms with Gasteiger partial charge in [-0.25, -0.2) is 4.39 Å². The van der Waals surface area contributed by atoms with Crippen molar-refractivity contribution in [2.24, 2.45) is 0 Å². The first kappa shape index (κ1) is 19.4. The molecule has 1 atom stereocenters. The van der Waals surface area contributed by atoms with Gasteiger partial charge in [-0.3, -0.25) is 9.59 Å². The van der Waals surface area contributed by atoms with E-state index in [-0.39, 0.29) is 12.5 Å². The number of anilines is 1. The first-order chi connectivity index (χ1) is 12.5. The maximum atomic E-state index is 13.6. The van der Waals surface area contributed by atoms with Gasteiger partial charge in [0.15, 0.2) is 0 Å². The molecule has 0 heterocycles. The number of ether oxygens (including phenoxy) is 1. The summed E-state index contributed by atoms with van der Waals surface area (Å²) in [6.45, 7) is 2.08. The molecule has 0 bridgehead atoms. The second kappa shape index (κ2) is 9.56. The van der Waals surface area contributed by atoms with Crippen molar-refractivity contribution in [2.75, 3.05) is 18.6 Å². The maximum absolute atomic E-state index is 13.6. The molecular formula is C20H23FN2O3. The number of hydrogen-bond acceptors (Lipinski definition) is 4. The molecule has 0 unspecified atom stereocenters. The summed E-state index contributed by atoms with van der Waals surface area (Å²) < 4.78 is 18.4. The van der Waals surface area contributed by atoms with E-state index in [1.54, 1.807) is 17.0 Å². The monoisotopic (exact) mass is 358 g/mol. The second-order valence-corrected chi connectivity index (χ2v) is 5.81. The highest BCUT2D eigenvalue weighted by molar-refractivity contribution is 5.87. The van der Waals surface area contributed by atoms with E-state index in [2.05, 4.69) is 5.32 Å². The number of rotatable bonds is 8. The number of hydrogen-bond donors (Lipinski definition) is 1. The average Bonchev–Trinajstić information content (AvgIpc) is 2.66. The molecule has 1 N–H and O–H groups in total. The third-order valence-electron chi connectivity index (χ3n) is 4.04. The lowest BCUT2D eigenvalue weighted by Crippen LogP contribution is -2.48. The van der Waals surface area contributed by atoms with E-state index in [0.29, 0.717) is 18.7 Å². The van der Waals surface area contributed by atoms with Gasteiger partial charge in [0.05, 0.1) is 7.11 Å². The van der Waals surface area contributed by atoms with Gasteiger partial charge < -0.3 is 15.0 Å². The van der Waals surface area contributed by atoms with Crippen LogP contribution in [0.1, 0.15) is 18.9 Å². The summed E-state index contributed by atoms with van der Waals surface area (Å²) in [4.78, 5) is 26.1. The van der Waals surface area contributed by atoms with Crippen LogP contribution in [0.25, 0.3) is 0 Å². The molecule has 138 valence electrons. The number of nitrogens with one attached hydrogen (secondary N) is 1. The summed E-state index contributed by atoms with van der Waals surface area (Å²) in [7, 11) is 1.28. The van der Waals surface area contributed by atoms with Crippen molar-refractivity contribution in [3.05, 3.63) is 66.0 Å². The minimum absolute atomic E-state index is 0.142. The number of carbonyl (C=O) groups excluding carboxylic acids is 2. The number of benzene rings is 2. The fourth-order valence-corrected chi connectivity index (χ4v) is 2.69. The lowest BCUT2D eigenvalue weighted by atomic mass is 10.1. The Morgan fingerprint density at radius 3 is 2.50 bits per heavy atom. The smallest absolute Gasteiger partial charge is 0.325 e. The molecule has 2 rings (SSSR count). The average molecular weight is 358 g/mol. The highest BCUT2D eigenvalue weighted by Crippen LogP contribution is 2.20. The molecule has 0 spiro atoms. The van der Waals surface area contributed by atoms with E-state index in [1.165, 1.54) is 19.2 Å². The molecule has 0 aliphatic carbocycles. The van der Waals surface area contributed by atoms with Gasteiger partial charge >= 0.3 is 5.97 Å². The van der Waals surface area contributed by atoms with Crippen LogP contribution in [0.3, 0.4) is 0 Å². The lowest BCUT2D eigenvalue weighted by Gasteiger charge is -2.31. The summed E-state index contributed by atoms with van der Waals surface area (Å²) >= 11 is 0. The Balaban J connectivity index is 2.18. The highest BCUT2D eigenvalue weighted by atomic mass is 19.1. The molecule has 26 heavy (non-hydrogen) atoms. The minimum atomic E-state index is -0.625. The Morgan fingerprint density at radius 1 is 1.15 bits per heavy atom. The summed E-state index contributed by atoms with van der Waals surface area (Å²) in [6, 6.07) is 14.7. The summed E-state index contributed by atoms with van der Waals surface area (Å²) in [5.41, 5.74) is 1.43. The third kappa shape index (κ3) is 5.31. The molecule has 0 aromatic heterocycles. The Kier molecular flexibility index (Phi) is 7.14. The van der Waals surface area contributed by atoms with Crippen LogP contribution in [0.5, 0.6) is 0 Å². The van der Waals surface area contributed by atoms with Crippen LogP contribution in [0.4, 0.5) is 10.1 Å². The minimum Gasteiger partial charge on any atom is -0.468 e. The van der Waals surface area contributed by atoms with Crippen LogP contribution in [-0.2, 0) is 20.9 Å². The number of carbonyl (C=O) groups is 2. The van der Waals surface area contributed by atoms with E-state index < -0.39 is 17.8 Å². The standard InChI is InChI=1S/C20H23FN2O3/c1-3-18(20(25)22-13-15-8-5-4-6-9-15)23(14-19(24)26-2)17-11-7-10-16(21)12-17/h4-12,18H,3,13-14H2,1-2H3,(H,22,25)/t18-/m1/s1. The fraction of sp³-hybridized carbons (Fsp3) is 0.300. The molecule has 0 radical (unpaired) electrons. The van der Waals surface area contributed by atoms with Crippen molar-refractivity contribution < 1.29 is 18.7 Å². The van der Waals surface area contributed by atoms with Gasteiger partial charge in [0.2, 0.25) is 5.91 Å². The van der Waals surface area contributed by atoms with Crippen LogP contribution < -0.4 is 10.2 Å². The van der Waals surface area contributed by atoms with Gasteiger partial charge in [0, 0.05) is 12.2 Å². The van der Waals surface area contributed by atoms with Crippen LogP contribution in [0.15, 0.2) is 54.6 Å². The fourth-order valence-electron chi connectivity index (χ4n) is 2.69. The van der Waals surface area contributed by atoms with Crippen molar-refractivity contribution in [1.82, 2.24) is 5.32 Å². The predicted octanol–water partition coefficient (Wildman–Crippen LogP) is 2.90. The number of amides is 1. The lowest BCUT2D eigenvalue weighted by molar-refractivity contribution is -0.139. The first-order valence-corrected chi connectivity index (χ1v) is 8.45. The molecular weight excluding hydrogens is 335 g/mol. The van der Waals surface area contributed by atoms with Crippen molar-refractivity contribution in [3.63, 3.8) is 0 Å². The molecule has 0 fully saturated rings. The Bertz CT molecular complexity index is 737. The Labute approximate surface area is 152 Å². The Morgan fingerprint density at radius 2 is 1.88 bits per heavy atom. The highest BCUT2D eigenvalue weighted by Gasteiger charge is 2.27. The Hall–Kier alpha value is -2.89. The molecule has 2 aromatic carbocycles. The quantitative estimate of drug-likeness (QED) is 0.737. The molecule has 0 aliphatic heterocycles. The molecule has 0 saturated heterocycles. The molecule has 0 saturated carbocycles. The maximum Gasteiger partial charge on any atom is 0.325 e. The first-order valence-electron chi connectivity index (χ1n) is 8.45. The second-order valence-electron chi connectivity index (χ2n) is 5.81. The van der Waals surface area contributed by atoms with E-state index in [9.17, 15) is 14.0 Å². The van der Waals surface area contributed by atoms with Crippen LogP contribution in [0, 0.1) is 5.82 Å². The number of methoxy groups -OCH3 is 1. The van der Waals surface area contributed by atoms with Crippen molar-refractivity contribution in [1.29, 1.82) is 0 Å². The molecule has 0 aliphatic rings. The zero-order valence-corrected chi connectivity index (χ0v) is 14.9. The van der Waals surface area contributed by atoms with E-state index in [4.69, 9.17) is 4.74 Å². The van der Waals surface area contributed by atoms with E-state index in [0.717, 1.165) is 5.56 Å². The molecule has 2 aromatic rings. The van der Waals surface area contributed by atoms with Gasteiger partial charge in [-0.1, -0.05) is 43.3 Å². The van der Waals surface area contributed by atoms with Crippen molar-refractivity contribution in [2.45, 2.75) is 25.9 Å². The third-order valence-corrected chi connectivity index (χ3v) is 4.04. The SMILES string of the molecule is CC[C@H](C(=O)NCc1ccccc1)N(CC(=O)OC)c1cccc(F)c1. The van der Waals surface area contributed by atoms with Crippen LogP contribution >= 0.6 is 0 Å². The molecule has 5 nitrogen and oxygen atoms in total. The topological polar surface area (TPSA) is 58.6 Å². The van der Waals surface area contributed by atoms with Crippen LogP contribution in [0.2, 0.25) is 0 Å². The van der Waals surface area contributed by atoms with Gasteiger partial charge in [0.25, 0.3) is 0 Å². The van der Waals surface area contributed by atoms with Crippen molar-refractivity contribution in [3.8, 4) is 0 Å². The van der Waals surface area contributed by atoms with Gasteiger partial charge in [-0.2, -0.15) is 0 Å². The number of esters is 1. The number of halogens is 1. The summed E-state index contributed by atoms with van der Waals surface area (Å²) in [5, 5.41) is 2.88. The summed E-state index contributed by atoms with van der Waals surface area (Å²) in [5.74, 6) is -1.16. The van der Waals surface area contributed by atoms with Gasteiger partial charge in [0.1, 0.15) is 18.4 Å². The molecule has 1 amide bonds. The van der Waals surface area contributed by atoms with Crippen molar-refractivity contribution >= 4 is 17.6 Å². The zero-order valence-electron chi connectivity index (χ0n) is 14.9. The van der Waals surface area contributed by atoms with Gasteiger partial charge in [-0.15, -0.1) is 0 Å². The van der Waals surface area contributed by atoms with Gasteiger partial charge in [-0.05, 0) is 30.2 Å². The summed E-state index contributed by atoms with van der Waals surface area (Å²) in [6.07, 6.45) is 0.453. The molecule has 6 heteroatoms. The van der Waals surface area contributed by atoms with E-state index in [1.807, 2.05) is 37.3 Å². The normalized spacial score (nSPS) is 11.5.